The number of fused-ring (bicyclic) bond motifs is 1. The number of hydrogen-bond acceptors (Lipinski definition) is 6. The van der Waals surface area contributed by atoms with Crippen molar-refractivity contribution >= 4 is 34.4 Å². The van der Waals surface area contributed by atoms with E-state index < -0.39 is 6.04 Å². The van der Waals surface area contributed by atoms with Crippen LogP contribution in [0.25, 0.3) is 11.0 Å². The second-order valence-corrected chi connectivity index (χ2v) is 8.35. The normalized spacial score (nSPS) is 11.8. The van der Waals surface area contributed by atoms with Crippen molar-refractivity contribution in [2.24, 2.45) is 0 Å². The van der Waals surface area contributed by atoms with Gasteiger partial charge in [0, 0.05) is 23.7 Å². The zero-order valence-corrected chi connectivity index (χ0v) is 19.6. The van der Waals surface area contributed by atoms with Gasteiger partial charge in [-0.05, 0) is 42.3 Å². The third-order valence-corrected chi connectivity index (χ3v) is 6.35. The van der Waals surface area contributed by atoms with Crippen molar-refractivity contribution in [3.05, 3.63) is 72.6 Å². The fourth-order valence-electron chi connectivity index (χ4n) is 3.60. The van der Waals surface area contributed by atoms with Crippen molar-refractivity contribution in [3.8, 4) is 11.5 Å². The van der Waals surface area contributed by atoms with Gasteiger partial charge in [0.15, 0.2) is 5.16 Å². The van der Waals surface area contributed by atoms with Crippen LogP contribution < -0.4 is 14.8 Å². The molecule has 33 heavy (non-hydrogen) atoms. The average molecular weight is 463 g/mol. The smallest absolute Gasteiger partial charge is 0.247 e. The predicted molar refractivity (Wildman–Crippen MR) is 131 cm³/mol. The van der Waals surface area contributed by atoms with Crippen LogP contribution in [0.5, 0.6) is 11.5 Å². The maximum Gasteiger partial charge on any atom is 0.247 e. The number of aromatic nitrogens is 3. The van der Waals surface area contributed by atoms with Crippen LogP contribution in [0.3, 0.4) is 0 Å². The van der Waals surface area contributed by atoms with Crippen LogP contribution in [0.2, 0.25) is 0 Å². The number of methoxy groups -OCH3 is 2. The first kappa shape index (κ1) is 22.7. The highest BCUT2D eigenvalue weighted by Gasteiger charge is 2.25. The monoisotopic (exact) mass is 462 g/mol. The molecule has 1 N–H and O–H groups in total. The third kappa shape index (κ3) is 5.12. The zero-order valence-electron chi connectivity index (χ0n) is 18.8. The Bertz CT molecular complexity index is 1240. The van der Waals surface area contributed by atoms with E-state index in [0.717, 1.165) is 27.5 Å². The van der Waals surface area contributed by atoms with E-state index in [1.54, 1.807) is 44.4 Å². The van der Waals surface area contributed by atoms with Gasteiger partial charge < -0.3 is 19.4 Å². The summed E-state index contributed by atoms with van der Waals surface area (Å²) in [5.41, 5.74) is 3.48. The fourth-order valence-corrected chi connectivity index (χ4v) is 4.62. The molecular weight excluding hydrogens is 436 g/mol. The lowest BCUT2D eigenvalue weighted by molar-refractivity contribution is -0.119. The van der Waals surface area contributed by atoms with Gasteiger partial charge in [-0.15, -0.1) is 0 Å². The molecule has 0 aliphatic heterocycles. The lowest BCUT2D eigenvalue weighted by Crippen LogP contribution is -2.26. The van der Waals surface area contributed by atoms with Crippen LogP contribution in [0, 0.1) is 0 Å². The second kappa shape index (κ2) is 10.4. The number of imidazole rings is 1. The minimum atomic E-state index is -0.441. The lowest BCUT2D eigenvalue weighted by atomic mass is 10.2. The van der Waals surface area contributed by atoms with E-state index in [0.29, 0.717) is 23.6 Å². The molecule has 2 aromatic carbocycles. The van der Waals surface area contributed by atoms with Gasteiger partial charge in [-0.3, -0.25) is 9.78 Å². The summed E-state index contributed by atoms with van der Waals surface area (Å²) in [6, 6.07) is 16.7. The van der Waals surface area contributed by atoms with Crippen molar-refractivity contribution in [2.45, 2.75) is 30.3 Å². The Labute approximate surface area is 197 Å². The molecule has 0 aliphatic rings. The van der Waals surface area contributed by atoms with Crippen molar-refractivity contribution in [1.29, 1.82) is 0 Å². The van der Waals surface area contributed by atoms with Crippen LogP contribution in [0.1, 0.15) is 24.9 Å². The highest BCUT2D eigenvalue weighted by molar-refractivity contribution is 7.98. The summed E-state index contributed by atoms with van der Waals surface area (Å²) in [4.78, 5) is 22.4. The molecule has 1 amide bonds. The highest BCUT2D eigenvalue weighted by atomic mass is 32.2. The molecular formula is C25H26N4O3S. The Kier molecular flexibility index (Phi) is 7.14. The lowest BCUT2D eigenvalue weighted by Gasteiger charge is -2.20. The number of carbonyl (C=O) groups excluding carboxylic acids is 1. The van der Waals surface area contributed by atoms with Crippen LogP contribution in [-0.2, 0) is 10.5 Å². The van der Waals surface area contributed by atoms with Crippen LogP contribution >= 0.6 is 11.8 Å². The van der Waals surface area contributed by atoms with Crippen molar-refractivity contribution < 1.29 is 14.3 Å². The van der Waals surface area contributed by atoms with E-state index in [-0.39, 0.29) is 5.91 Å². The Morgan fingerprint density at radius 3 is 2.61 bits per heavy atom. The number of ether oxygens (including phenoxy) is 2. The molecule has 170 valence electrons. The predicted octanol–water partition coefficient (Wildman–Crippen LogP) is 5.33. The Morgan fingerprint density at radius 1 is 1.09 bits per heavy atom. The van der Waals surface area contributed by atoms with Crippen molar-refractivity contribution in [3.63, 3.8) is 0 Å². The number of carbonyl (C=O) groups is 1. The number of benzene rings is 2. The first-order valence-electron chi connectivity index (χ1n) is 10.7. The highest BCUT2D eigenvalue weighted by Crippen LogP contribution is 2.32. The fraction of sp³-hybridized carbons (Fsp3) is 0.240. The molecule has 0 bridgehead atoms. The van der Waals surface area contributed by atoms with Gasteiger partial charge in [-0.25, -0.2) is 4.98 Å². The van der Waals surface area contributed by atoms with E-state index in [1.165, 1.54) is 0 Å². The van der Waals surface area contributed by atoms with Crippen molar-refractivity contribution in [2.75, 3.05) is 19.5 Å². The number of hydrogen-bond donors (Lipinski definition) is 1. The number of nitrogens with one attached hydrogen (secondary N) is 1. The van der Waals surface area contributed by atoms with E-state index in [4.69, 9.17) is 14.5 Å². The van der Waals surface area contributed by atoms with Crippen LogP contribution in [0.4, 0.5) is 5.69 Å². The molecule has 0 radical (unpaired) electrons. The molecule has 2 aromatic heterocycles. The number of amides is 1. The number of pyridine rings is 1. The summed E-state index contributed by atoms with van der Waals surface area (Å²) in [7, 11) is 3.26. The summed E-state index contributed by atoms with van der Waals surface area (Å²) in [6.45, 7) is 2.00. The molecule has 8 heteroatoms. The molecule has 0 fully saturated rings. The first-order valence-corrected chi connectivity index (χ1v) is 11.6. The summed E-state index contributed by atoms with van der Waals surface area (Å²) < 4.78 is 12.5. The standard InChI is InChI=1S/C25H26N4O3S/c1-4-22(24(30)27-18-6-5-7-20(14-18)32-3)29-23-15-26-13-12-21(23)28-25(29)33-16-17-8-10-19(31-2)11-9-17/h5-15,22H,4,16H2,1-3H3,(H,27,30). The topological polar surface area (TPSA) is 78.3 Å². The maximum atomic E-state index is 13.3. The Hall–Kier alpha value is -3.52. The van der Waals surface area contributed by atoms with Gasteiger partial charge in [0.05, 0.1) is 31.4 Å². The Balaban J connectivity index is 1.62. The molecule has 0 saturated carbocycles. The van der Waals surface area contributed by atoms with E-state index in [1.807, 2.05) is 60.0 Å². The molecule has 1 atom stereocenters. The number of nitrogens with zero attached hydrogens (tertiary/aromatic N) is 3. The van der Waals surface area contributed by atoms with Gasteiger partial charge in [-0.1, -0.05) is 36.9 Å². The molecule has 0 saturated heterocycles. The minimum Gasteiger partial charge on any atom is -0.497 e. The zero-order chi connectivity index (χ0) is 23.2. The molecule has 1 unspecified atom stereocenters. The first-order chi connectivity index (χ1) is 16.1. The molecule has 4 rings (SSSR count). The average Bonchev–Trinajstić information content (AvgIpc) is 3.22. The van der Waals surface area contributed by atoms with Crippen LogP contribution in [-0.4, -0.2) is 34.7 Å². The molecule has 2 heterocycles. The van der Waals surface area contributed by atoms with E-state index in [9.17, 15) is 4.79 Å². The largest absolute Gasteiger partial charge is 0.497 e. The molecule has 7 nitrogen and oxygen atoms in total. The van der Waals surface area contributed by atoms with Crippen molar-refractivity contribution in [1.82, 2.24) is 14.5 Å². The van der Waals surface area contributed by atoms with Gasteiger partial charge in [0.2, 0.25) is 5.91 Å². The quantitative estimate of drug-likeness (QED) is 0.339. The van der Waals surface area contributed by atoms with Crippen LogP contribution in [0.15, 0.2) is 72.1 Å². The minimum absolute atomic E-state index is 0.111. The van der Waals surface area contributed by atoms with E-state index in [2.05, 4.69) is 10.3 Å². The summed E-state index contributed by atoms with van der Waals surface area (Å²) >= 11 is 1.60. The number of anilines is 1. The number of thioether (sulfide) groups is 1. The molecule has 0 spiro atoms. The number of rotatable bonds is 9. The summed E-state index contributed by atoms with van der Waals surface area (Å²) in [6.07, 6.45) is 4.09. The summed E-state index contributed by atoms with van der Waals surface area (Å²) in [5, 5.41) is 3.80. The SMILES string of the molecule is CCC(C(=O)Nc1cccc(OC)c1)n1c(SCc2ccc(OC)cc2)nc2ccncc21. The Morgan fingerprint density at radius 2 is 1.88 bits per heavy atom. The van der Waals surface area contributed by atoms with Gasteiger partial charge in [-0.2, -0.15) is 0 Å². The summed E-state index contributed by atoms with van der Waals surface area (Å²) in [5.74, 6) is 2.12. The third-order valence-electron chi connectivity index (χ3n) is 5.32. The molecule has 4 aromatic rings. The van der Waals surface area contributed by atoms with Gasteiger partial charge in [0.25, 0.3) is 0 Å². The maximum absolute atomic E-state index is 13.3. The second-order valence-electron chi connectivity index (χ2n) is 7.41. The molecule has 0 aliphatic carbocycles. The van der Waals surface area contributed by atoms with E-state index >= 15 is 0 Å². The van der Waals surface area contributed by atoms with Gasteiger partial charge >= 0.3 is 0 Å². The van der Waals surface area contributed by atoms with Gasteiger partial charge in [0.1, 0.15) is 17.5 Å².